The largest absolute Gasteiger partial charge is 0.481 e. The fourth-order valence-corrected chi connectivity index (χ4v) is 2.50. The molecule has 1 aromatic carbocycles. The lowest BCUT2D eigenvalue weighted by atomic mass is 9.89. The van der Waals surface area contributed by atoms with Crippen molar-refractivity contribution in [3.05, 3.63) is 33.8 Å². The molecule has 5 heteroatoms. The van der Waals surface area contributed by atoms with Crippen LogP contribution in [0.2, 0.25) is 10.0 Å². The molecule has 2 atom stereocenters. The molecule has 17 heavy (non-hydrogen) atoms. The van der Waals surface area contributed by atoms with Crippen LogP contribution in [0.5, 0.6) is 0 Å². The van der Waals surface area contributed by atoms with Crippen molar-refractivity contribution in [2.24, 2.45) is 5.92 Å². The summed E-state index contributed by atoms with van der Waals surface area (Å²) in [7, 11) is 0. The van der Waals surface area contributed by atoms with Crippen molar-refractivity contribution in [2.45, 2.75) is 18.9 Å². The summed E-state index contributed by atoms with van der Waals surface area (Å²) in [5.41, 5.74) is 0.659. The molecule has 0 radical (unpaired) electrons. The molecule has 0 spiro atoms. The Kier molecular flexibility index (Phi) is 3.92. The lowest BCUT2D eigenvalue weighted by Crippen LogP contribution is -2.29. The van der Waals surface area contributed by atoms with Crippen LogP contribution < -0.4 is 0 Å². The molecule has 0 amide bonds. The van der Waals surface area contributed by atoms with E-state index in [1.54, 1.807) is 18.2 Å². The van der Waals surface area contributed by atoms with Gasteiger partial charge in [0.05, 0.1) is 22.1 Å². The van der Waals surface area contributed by atoms with Gasteiger partial charge >= 0.3 is 5.97 Å². The lowest BCUT2D eigenvalue weighted by molar-refractivity contribution is -0.151. The van der Waals surface area contributed by atoms with Crippen molar-refractivity contribution in [3.63, 3.8) is 0 Å². The highest BCUT2D eigenvalue weighted by Crippen LogP contribution is 2.39. The third-order valence-corrected chi connectivity index (χ3v) is 3.76. The van der Waals surface area contributed by atoms with E-state index in [-0.39, 0.29) is 0 Å². The molecule has 0 aliphatic carbocycles. The Balaban J connectivity index is 2.36. The van der Waals surface area contributed by atoms with Crippen LogP contribution in [0.25, 0.3) is 0 Å². The minimum absolute atomic E-state index is 0.382. The summed E-state index contributed by atoms with van der Waals surface area (Å²) in [4.78, 5) is 11.2. The molecule has 0 bridgehead atoms. The zero-order valence-corrected chi connectivity index (χ0v) is 10.5. The molecule has 1 aromatic rings. The number of hydrogen-bond acceptors (Lipinski definition) is 2. The van der Waals surface area contributed by atoms with Crippen LogP contribution in [-0.2, 0) is 9.53 Å². The van der Waals surface area contributed by atoms with Gasteiger partial charge in [-0.2, -0.15) is 0 Å². The second-order valence-electron chi connectivity index (χ2n) is 4.02. The Hall–Kier alpha value is -0.770. The molecule has 2 rings (SSSR count). The van der Waals surface area contributed by atoms with Crippen LogP contribution in [0, 0.1) is 5.92 Å². The van der Waals surface area contributed by atoms with Crippen molar-refractivity contribution in [1.82, 2.24) is 0 Å². The fourth-order valence-electron chi connectivity index (χ4n) is 2.08. The predicted molar refractivity (Wildman–Crippen MR) is 65.5 cm³/mol. The second kappa shape index (κ2) is 5.25. The monoisotopic (exact) mass is 274 g/mol. The first-order valence-electron chi connectivity index (χ1n) is 5.39. The van der Waals surface area contributed by atoms with Crippen LogP contribution in [0.1, 0.15) is 24.5 Å². The zero-order chi connectivity index (χ0) is 12.4. The van der Waals surface area contributed by atoms with Gasteiger partial charge in [0, 0.05) is 12.2 Å². The van der Waals surface area contributed by atoms with Crippen molar-refractivity contribution >= 4 is 29.2 Å². The van der Waals surface area contributed by atoms with E-state index >= 15 is 0 Å². The highest BCUT2D eigenvalue weighted by Gasteiger charge is 2.34. The Morgan fingerprint density at radius 3 is 2.88 bits per heavy atom. The Morgan fingerprint density at radius 2 is 2.18 bits per heavy atom. The van der Waals surface area contributed by atoms with Crippen LogP contribution in [0.3, 0.4) is 0 Å². The molecule has 3 nitrogen and oxygen atoms in total. The molecule has 0 aromatic heterocycles. The summed E-state index contributed by atoms with van der Waals surface area (Å²) in [5, 5.41) is 9.97. The van der Waals surface area contributed by atoms with Gasteiger partial charge in [0.1, 0.15) is 0 Å². The van der Waals surface area contributed by atoms with Gasteiger partial charge in [0.15, 0.2) is 0 Å². The number of carbonyl (C=O) groups is 1. The average Bonchev–Trinajstić information content (AvgIpc) is 2.33. The SMILES string of the molecule is O=C(O)C1CCCOC1c1cccc(Cl)c1Cl. The van der Waals surface area contributed by atoms with Crippen molar-refractivity contribution < 1.29 is 14.6 Å². The van der Waals surface area contributed by atoms with E-state index < -0.39 is 18.0 Å². The molecule has 1 aliphatic heterocycles. The first-order chi connectivity index (χ1) is 8.11. The van der Waals surface area contributed by atoms with Crippen molar-refractivity contribution in [2.75, 3.05) is 6.61 Å². The van der Waals surface area contributed by atoms with Crippen LogP contribution in [0.4, 0.5) is 0 Å². The third kappa shape index (κ3) is 2.57. The molecular formula is C12H12Cl2O3. The van der Waals surface area contributed by atoms with Gasteiger partial charge < -0.3 is 9.84 Å². The molecular weight excluding hydrogens is 263 g/mol. The van der Waals surface area contributed by atoms with E-state index in [9.17, 15) is 9.90 Å². The highest BCUT2D eigenvalue weighted by molar-refractivity contribution is 6.42. The van der Waals surface area contributed by atoms with E-state index in [2.05, 4.69) is 0 Å². The minimum Gasteiger partial charge on any atom is -0.481 e. The summed E-state index contributed by atoms with van der Waals surface area (Å²) in [6.45, 7) is 0.553. The predicted octanol–water partition coefficient (Wildman–Crippen LogP) is 3.55. The molecule has 1 aliphatic rings. The maximum absolute atomic E-state index is 11.2. The Labute approximate surface area is 109 Å². The van der Waals surface area contributed by atoms with Crippen molar-refractivity contribution in [1.29, 1.82) is 0 Å². The quantitative estimate of drug-likeness (QED) is 0.897. The van der Waals surface area contributed by atoms with Gasteiger partial charge in [-0.15, -0.1) is 0 Å². The minimum atomic E-state index is -0.856. The third-order valence-electron chi connectivity index (χ3n) is 2.93. The Morgan fingerprint density at radius 1 is 1.41 bits per heavy atom. The van der Waals surface area contributed by atoms with Gasteiger partial charge in [-0.25, -0.2) is 0 Å². The number of halogens is 2. The zero-order valence-electron chi connectivity index (χ0n) is 9.03. The molecule has 92 valence electrons. The maximum atomic E-state index is 11.2. The van der Waals surface area contributed by atoms with Gasteiger partial charge in [0.2, 0.25) is 0 Å². The number of rotatable bonds is 2. The molecule has 2 unspecified atom stereocenters. The summed E-state index contributed by atoms with van der Waals surface area (Å²) in [6, 6.07) is 5.19. The first kappa shape index (κ1) is 12.7. The van der Waals surface area contributed by atoms with E-state index in [4.69, 9.17) is 27.9 Å². The lowest BCUT2D eigenvalue weighted by Gasteiger charge is -2.29. The van der Waals surface area contributed by atoms with E-state index in [0.717, 1.165) is 6.42 Å². The van der Waals surface area contributed by atoms with Gasteiger partial charge in [-0.1, -0.05) is 35.3 Å². The van der Waals surface area contributed by atoms with Gasteiger partial charge in [0.25, 0.3) is 0 Å². The number of benzene rings is 1. The number of carboxylic acid groups (broad SMARTS) is 1. The van der Waals surface area contributed by atoms with E-state index in [1.165, 1.54) is 0 Å². The average molecular weight is 275 g/mol. The van der Waals surface area contributed by atoms with Gasteiger partial charge in [-0.05, 0) is 18.9 Å². The van der Waals surface area contributed by atoms with E-state index in [1.807, 2.05) is 0 Å². The summed E-state index contributed by atoms with van der Waals surface area (Å²) >= 11 is 12.0. The number of aliphatic carboxylic acids is 1. The standard InChI is InChI=1S/C12H12Cl2O3/c13-9-5-1-3-7(10(9)14)11-8(12(15)16)4-2-6-17-11/h1,3,5,8,11H,2,4,6H2,(H,15,16). The summed E-state index contributed by atoms with van der Waals surface area (Å²) in [6.07, 6.45) is 0.849. The molecule has 1 fully saturated rings. The number of carboxylic acids is 1. The molecule has 0 saturated carbocycles. The van der Waals surface area contributed by atoms with Crippen LogP contribution in [0.15, 0.2) is 18.2 Å². The number of hydrogen-bond donors (Lipinski definition) is 1. The highest BCUT2D eigenvalue weighted by atomic mass is 35.5. The molecule has 1 saturated heterocycles. The topological polar surface area (TPSA) is 46.5 Å². The molecule has 1 heterocycles. The smallest absolute Gasteiger partial charge is 0.309 e. The Bertz CT molecular complexity index is 434. The molecule has 1 N–H and O–H groups in total. The fraction of sp³-hybridized carbons (Fsp3) is 0.417. The normalized spacial score (nSPS) is 24.6. The summed E-state index contributed by atoms with van der Waals surface area (Å²) in [5.74, 6) is -1.41. The van der Waals surface area contributed by atoms with Crippen LogP contribution in [-0.4, -0.2) is 17.7 Å². The van der Waals surface area contributed by atoms with Crippen LogP contribution >= 0.6 is 23.2 Å². The van der Waals surface area contributed by atoms with E-state index in [0.29, 0.717) is 28.6 Å². The number of ether oxygens (including phenoxy) is 1. The van der Waals surface area contributed by atoms with Gasteiger partial charge in [-0.3, -0.25) is 4.79 Å². The second-order valence-corrected chi connectivity index (χ2v) is 4.81. The maximum Gasteiger partial charge on any atom is 0.309 e. The summed E-state index contributed by atoms with van der Waals surface area (Å²) < 4.78 is 5.55. The van der Waals surface area contributed by atoms with Crippen molar-refractivity contribution in [3.8, 4) is 0 Å². The first-order valence-corrected chi connectivity index (χ1v) is 6.15.